The topological polar surface area (TPSA) is 24.9 Å². The normalized spacial score (nSPS) is 10.5. The predicted octanol–water partition coefficient (Wildman–Crippen LogP) is 4.28. The van der Waals surface area contributed by atoms with Crippen molar-refractivity contribution in [1.29, 1.82) is 0 Å². The first-order valence-electron chi connectivity index (χ1n) is 6.00. The first-order chi connectivity index (χ1) is 9.31. The number of hydrogen-bond donors (Lipinski definition) is 1. The number of anilines is 1. The lowest BCUT2D eigenvalue weighted by molar-refractivity contribution is 1.26. The Morgan fingerprint density at radius 3 is 2.58 bits per heavy atom. The van der Waals surface area contributed by atoms with Crippen LogP contribution in [-0.4, -0.2) is 9.97 Å². The molecular formula is C15H12N2S2. The zero-order chi connectivity index (χ0) is 13.1. The summed E-state index contributed by atoms with van der Waals surface area (Å²) in [6, 6.07) is 18.1. The third-order valence-electron chi connectivity index (χ3n) is 2.71. The third kappa shape index (κ3) is 2.97. The molecule has 0 bridgehead atoms. The van der Waals surface area contributed by atoms with Crippen LogP contribution in [0.3, 0.4) is 0 Å². The van der Waals surface area contributed by atoms with E-state index in [1.54, 1.807) is 11.3 Å². The minimum atomic E-state index is 0.684. The highest BCUT2D eigenvalue weighted by molar-refractivity contribution is 7.80. The summed E-state index contributed by atoms with van der Waals surface area (Å²) in [5, 5.41) is 4.28. The molecule has 0 saturated carbocycles. The van der Waals surface area contributed by atoms with Gasteiger partial charge < -0.3 is 5.32 Å². The molecule has 0 atom stereocenters. The van der Waals surface area contributed by atoms with Crippen LogP contribution >= 0.6 is 23.6 Å². The highest BCUT2D eigenvalue weighted by Gasteiger charge is 2.06. The summed E-state index contributed by atoms with van der Waals surface area (Å²) in [4.78, 5) is 5.38. The molecule has 0 aliphatic rings. The Kier molecular flexibility index (Phi) is 3.53. The van der Waals surface area contributed by atoms with Crippen molar-refractivity contribution in [3.63, 3.8) is 0 Å². The Labute approximate surface area is 121 Å². The molecule has 4 heteroatoms. The first kappa shape index (κ1) is 12.3. The van der Waals surface area contributed by atoms with Gasteiger partial charge in [0.1, 0.15) is 5.01 Å². The molecule has 0 saturated heterocycles. The Morgan fingerprint density at radius 2 is 1.79 bits per heavy atom. The van der Waals surface area contributed by atoms with E-state index >= 15 is 0 Å². The highest BCUT2D eigenvalue weighted by atomic mass is 32.1. The lowest BCUT2D eigenvalue weighted by Crippen LogP contribution is -2.11. The van der Waals surface area contributed by atoms with Crippen molar-refractivity contribution in [2.75, 3.05) is 5.32 Å². The van der Waals surface area contributed by atoms with Crippen LogP contribution in [0.5, 0.6) is 0 Å². The average molecular weight is 284 g/mol. The van der Waals surface area contributed by atoms with Crippen molar-refractivity contribution < 1.29 is 0 Å². The van der Waals surface area contributed by atoms with Crippen molar-refractivity contribution in [2.45, 2.75) is 6.42 Å². The van der Waals surface area contributed by atoms with E-state index in [0.29, 0.717) is 6.42 Å². The molecule has 0 aliphatic heterocycles. The average Bonchev–Trinajstić information content (AvgIpc) is 2.81. The van der Waals surface area contributed by atoms with Crippen LogP contribution in [0.1, 0.15) is 5.01 Å². The third-order valence-corrected chi connectivity index (χ3v) is 3.99. The summed E-state index contributed by atoms with van der Waals surface area (Å²) in [5.41, 5.74) is 2.07. The van der Waals surface area contributed by atoms with Crippen molar-refractivity contribution >= 4 is 44.4 Å². The fourth-order valence-corrected chi connectivity index (χ4v) is 3.18. The van der Waals surface area contributed by atoms with Crippen molar-refractivity contribution in [3.8, 4) is 0 Å². The molecule has 0 amide bonds. The smallest absolute Gasteiger partial charge is 0.101 e. The number of nitrogens with one attached hydrogen (secondary N) is 1. The standard InChI is InChI=1S/C15H12N2S2/c18-14(16-11-6-2-1-3-7-11)10-15-17-12-8-4-5-9-13(12)19-15/h1-9H,10H2,(H,16,18). The minimum absolute atomic E-state index is 0.684. The van der Waals surface area contributed by atoms with Crippen LogP contribution in [0, 0.1) is 0 Å². The Hall–Kier alpha value is -1.78. The molecule has 94 valence electrons. The van der Waals surface area contributed by atoms with E-state index < -0.39 is 0 Å². The van der Waals surface area contributed by atoms with E-state index in [1.807, 2.05) is 48.5 Å². The lowest BCUT2D eigenvalue weighted by atomic mass is 10.3. The lowest BCUT2D eigenvalue weighted by Gasteiger charge is -2.05. The fraction of sp³-hybridized carbons (Fsp3) is 0.0667. The maximum atomic E-state index is 5.38. The van der Waals surface area contributed by atoms with Gasteiger partial charge in [-0.05, 0) is 24.3 Å². The monoisotopic (exact) mass is 284 g/mol. The number of hydrogen-bond acceptors (Lipinski definition) is 3. The van der Waals surface area contributed by atoms with Gasteiger partial charge in [-0.15, -0.1) is 11.3 Å². The van der Waals surface area contributed by atoms with Crippen molar-refractivity contribution in [3.05, 3.63) is 59.6 Å². The molecule has 1 heterocycles. The molecular weight excluding hydrogens is 272 g/mol. The van der Waals surface area contributed by atoms with Crippen LogP contribution in [0.25, 0.3) is 10.2 Å². The number of thiocarbonyl (C=S) groups is 1. The van der Waals surface area contributed by atoms with Gasteiger partial charge in [-0.3, -0.25) is 0 Å². The summed E-state index contributed by atoms with van der Waals surface area (Å²) in [5.74, 6) is 0. The van der Waals surface area contributed by atoms with Crippen molar-refractivity contribution in [2.24, 2.45) is 0 Å². The number of thiazole rings is 1. The van der Waals surface area contributed by atoms with Gasteiger partial charge in [0.25, 0.3) is 0 Å². The van der Waals surface area contributed by atoms with E-state index in [2.05, 4.69) is 16.4 Å². The number of aromatic nitrogens is 1. The fourth-order valence-electron chi connectivity index (χ4n) is 1.86. The molecule has 0 fully saturated rings. The molecule has 3 aromatic rings. The van der Waals surface area contributed by atoms with Crippen LogP contribution < -0.4 is 5.32 Å². The number of para-hydroxylation sites is 2. The van der Waals surface area contributed by atoms with Gasteiger partial charge in [-0.2, -0.15) is 0 Å². The zero-order valence-electron chi connectivity index (χ0n) is 10.2. The molecule has 1 N–H and O–H groups in total. The summed E-state index contributed by atoms with van der Waals surface area (Å²) < 4.78 is 1.21. The van der Waals surface area contributed by atoms with Crippen molar-refractivity contribution in [1.82, 2.24) is 4.98 Å². The van der Waals surface area contributed by atoms with E-state index in [0.717, 1.165) is 21.2 Å². The number of nitrogens with zero attached hydrogens (tertiary/aromatic N) is 1. The molecule has 0 unspecified atom stereocenters. The Bertz CT molecular complexity index is 671. The van der Waals surface area contributed by atoms with E-state index in [1.165, 1.54) is 4.70 Å². The number of rotatable bonds is 3. The summed E-state index contributed by atoms with van der Waals surface area (Å²) in [6.07, 6.45) is 0.684. The molecule has 3 rings (SSSR count). The Balaban J connectivity index is 1.72. The van der Waals surface area contributed by atoms with Gasteiger partial charge in [0.05, 0.1) is 21.6 Å². The molecule has 19 heavy (non-hydrogen) atoms. The second-order valence-corrected chi connectivity index (χ2v) is 5.77. The number of fused-ring (bicyclic) bond motifs is 1. The summed E-state index contributed by atoms with van der Waals surface area (Å²) >= 11 is 7.08. The van der Waals surface area contributed by atoms with E-state index in [-0.39, 0.29) is 0 Å². The molecule has 1 aromatic heterocycles. The van der Waals surface area contributed by atoms with Gasteiger partial charge in [0.15, 0.2) is 0 Å². The summed E-state index contributed by atoms with van der Waals surface area (Å²) in [7, 11) is 0. The Morgan fingerprint density at radius 1 is 1.05 bits per heavy atom. The molecule has 2 nitrogen and oxygen atoms in total. The molecule has 2 aromatic carbocycles. The first-order valence-corrected chi connectivity index (χ1v) is 7.23. The van der Waals surface area contributed by atoms with Gasteiger partial charge in [0.2, 0.25) is 0 Å². The van der Waals surface area contributed by atoms with Crippen LogP contribution in [0.15, 0.2) is 54.6 Å². The van der Waals surface area contributed by atoms with E-state index in [9.17, 15) is 0 Å². The predicted molar refractivity (Wildman–Crippen MR) is 86.0 cm³/mol. The highest BCUT2D eigenvalue weighted by Crippen LogP contribution is 2.22. The summed E-state index contributed by atoms with van der Waals surface area (Å²) in [6.45, 7) is 0. The quantitative estimate of drug-likeness (QED) is 0.727. The van der Waals surface area contributed by atoms with E-state index in [4.69, 9.17) is 12.2 Å². The minimum Gasteiger partial charge on any atom is -0.350 e. The largest absolute Gasteiger partial charge is 0.350 e. The van der Waals surface area contributed by atoms with Gasteiger partial charge in [-0.25, -0.2) is 4.98 Å². The number of benzene rings is 2. The second-order valence-electron chi connectivity index (χ2n) is 4.17. The van der Waals surface area contributed by atoms with Gasteiger partial charge >= 0.3 is 0 Å². The van der Waals surface area contributed by atoms with Crippen LogP contribution in [0.2, 0.25) is 0 Å². The van der Waals surface area contributed by atoms with Crippen LogP contribution in [0.4, 0.5) is 5.69 Å². The second kappa shape index (κ2) is 5.47. The SMILES string of the molecule is S=C(Cc1nc2ccccc2s1)Nc1ccccc1. The maximum Gasteiger partial charge on any atom is 0.101 e. The molecule has 0 spiro atoms. The van der Waals surface area contributed by atoms with Gasteiger partial charge in [0, 0.05) is 5.69 Å². The zero-order valence-corrected chi connectivity index (χ0v) is 11.8. The maximum absolute atomic E-state index is 5.38. The molecule has 0 radical (unpaired) electrons. The van der Waals surface area contributed by atoms with Gasteiger partial charge in [-0.1, -0.05) is 42.5 Å². The molecule has 0 aliphatic carbocycles. The van der Waals surface area contributed by atoms with Crippen LogP contribution in [-0.2, 0) is 6.42 Å².